The van der Waals surface area contributed by atoms with E-state index in [1.54, 1.807) is 0 Å². The molecule has 6 rings (SSSR count). The number of hydrogen-bond acceptors (Lipinski definition) is 11. The lowest BCUT2D eigenvalue weighted by Gasteiger charge is -2.16. The predicted molar refractivity (Wildman–Crippen MR) is 146 cm³/mol. The van der Waals surface area contributed by atoms with Crippen molar-refractivity contribution in [3.8, 4) is 74.0 Å². The number of rotatable bonds is 3. The predicted octanol–water partition coefficient (Wildman–Crippen LogP) is 4.84. The molecular formula is C30H18O11. The topological polar surface area (TPSA) is 202 Å². The molecule has 0 fully saturated rings. The molecular weight excluding hydrogens is 536 g/mol. The fourth-order valence-corrected chi connectivity index (χ4v) is 4.68. The summed E-state index contributed by atoms with van der Waals surface area (Å²) in [4.78, 5) is 26.0. The van der Waals surface area contributed by atoms with Gasteiger partial charge in [0.15, 0.2) is 39.4 Å². The van der Waals surface area contributed by atoms with Crippen molar-refractivity contribution in [1.82, 2.24) is 0 Å². The largest absolute Gasteiger partial charge is 0.508 e. The third kappa shape index (κ3) is 4.00. The van der Waals surface area contributed by atoms with Gasteiger partial charge in [-0.3, -0.25) is 9.59 Å². The molecule has 2 aromatic heterocycles. The van der Waals surface area contributed by atoms with E-state index >= 15 is 0 Å². The van der Waals surface area contributed by atoms with Crippen LogP contribution in [0.5, 0.6) is 40.2 Å². The highest BCUT2D eigenvalue weighted by atomic mass is 16.3. The van der Waals surface area contributed by atoms with Crippen molar-refractivity contribution in [3.05, 3.63) is 87.2 Å². The SMILES string of the molecule is O=c1cc(-c2ccc(O)c(O)c2-c2c(O)cc(O)c3c(=O)cc(-c4ccc(O)c(O)c4)oc23)oc2ccc(O)cc12. The Balaban J connectivity index is 1.71. The number of benzene rings is 4. The summed E-state index contributed by atoms with van der Waals surface area (Å²) in [5.74, 6) is -4.04. The fraction of sp³-hybridized carbons (Fsp3) is 0. The maximum Gasteiger partial charge on any atom is 0.197 e. The molecule has 6 aromatic rings. The molecule has 0 aliphatic rings. The zero-order chi connectivity index (χ0) is 29.2. The number of phenols is 7. The van der Waals surface area contributed by atoms with Crippen LogP contribution < -0.4 is 10.9 Å². The van der Waals surface area contributed by atoms with Gasteiger partial charge in [0.25, 0.3) is 0 Å². The summed E-state index contributed by atoms with van der Waals surface area (Å²) < 4.78 is 11.8. The Bertz CT molecular complexity index is 2170. The molecule has 0 saturated heterocycles. The monoisotopic (exact) mass is 554 g/mol. The summed E-state index contributed by atoms with van der Waals surface area (Å²) in [7, 11) is 0. The quantitative estimate of drug-likeness (QED) is 0.148. The van der Waals surface area contributed by atoms with Gasteiger partial charge < -0.3 is 44.6 Å². The second kappa shape index (κ2) is 8.99. The zero-order valence-electron chi connectivity index (χ0n) is 20.6. The first-order valence-electron chi connectivity index (χ1n) is 11.9. The van der Waals surface area contributed by atoms with Gasteiger partial charge in [-0.2, -0.15) is 0 Å². The van der Waals surface area contributed by atoms with Crippen molar-refractivity contribution in [1.29, 1.82) is 0 Å². The Morgan fingerprint density at radius 3 is 2.02 bits per heavy atom. The number of phenolic OH excluding ortho intramolecular Hbond substituents is 7. The molecule has 0 bridgehead atoms. The van der Waals surface area contributed by atoms with Gasteiger partial charge in [0.2, 0.25) is 0 Å². The van der Waals surface area contributed by atoms with Crippen LogP contribution in [-0.2, 0) is 0 Å². The van der Waals surface area contributed by atoms with Gasteiger partial charge in [-0.1, -0.05) is 0 Å². The Hall–Kier alpha value is -6.10. The summed E-state index contributed by atoms with van der Waals surface area (Å²) in [6, 6.07) is 12.9. The van der Waals surface area contributed by atoms with Crippen LogP contribution in [0.25, 0.3) is 55.7 Å². The van der Waals surface area contributed by atoms with Crippen LogP contribution in [0.3, 0.4) is 0 Å². The van der Waals surface area contributed by atoms with Crippen LogP contribution in [0, 0.1) is 0 Å². The van der Waals surface area contributed by atoms with Crippen LogP contribution in [0.15, 0.2) is 85.2 Å². The summed E-state index contributed by atoms with van der Waals surface area (Å²) in [5.41, 5.74) is -2.12. The molecule has 0 atom stereocenters. The molecule has 4 aromatic carbocycles. The maximum atomic E-state index is 13.2. The first kappa shape index (κ1) is 25.2. The van der Waals surface area contributed by atoms with Crippen LogP contribution in [0.2, 0.25) is 0 Å². The molecule has 0 amide bonds. The third-order valence-electron chi connectivity index (χ3n) is 6.60. The molecule has 0 aliphatic carbocycles. The summed E-state index contributed by atoms with van der Waals surface area (Å²) in [5, 5.41) is 72.1. The van der Waals surface area contributed by atoms with Gasteiger partial charge in [0, 0.05) is 34.9 Å². The van der Waals surface area contributed by atoms with Crippen molar-refractivity contribution < 1.29 is 44.6 Å². The van der Waals surface area contributed by atoms with Crippen LogP contribution in [-0.4, -0.2) is 35.7 Å². The Kier molecular flexibility index (Phi) is 5.52. The third-order valence-corrected chi connectivity index (χ3v) is 6.60. The summed E-state index contributed by atoms with van der Waals surface area (Å²) >= 11 is 0. The molecule has 7 N–H and O–H groups in total. The molecule has 2 heterocycles. The van der Waals surface area contributed by atoms with E-state index in [-0.39, 0.29) is 55.9 Å². The van der Waals surface area contributed by atoms with Gasteiger partial charge in [0.1, 0.15) is 39.7 Å². The maximum absolute atomic E-state index is 13.2. The number of hydrogen-bond donors (Lipinski definition) is 7. The van der Waals surface area contributed by atoms with E-state index in [0.29, 0.717) is 0 Å². The molecule has 204 valence electrons. The zero-order valence-corrected chi connectivity index (χ0v) is 20.6. The van der Waals surface area contributed by atoms with E-state index in [1.807, 2.05) is 0 Å². The molecule has 0 radical (unpaired) electrons. The minimum atomic E-state index is -0.770. The van der Waals surface area contributed by atoms with Crippen molar-refractivity contribution >= 4 is 21.9 Å². The molecule has 0 saturated carbocycles. The van der Waals surface area contributed by atoms with Crippen LogP contribution >= 0.6 is 0 Å². The Labute approximate surface area is 227 Å². The lowest BCUT2D eigenvalue weighted by Crippen LogP contribution is -2.03. The van der Waals surface area contributed by atoms with Gasteiger partial charge in [0.05, 0.1) is 10.9 Å². The number of aromatic hydroxyl groups is 7. The summed E-state index contributed by atoms with van der Waals surface area (Å²) in [6.45, 7) is 0. The Morgan fingerprint density at radius 2 is 1.27 bits per heavy atom. The average molecular weight is 554 g/mol. The van der Waals surface area contributed by atoms with Crippen molar-refractivity contribution in [2.24, 2.45) is 0 Å². The molecule has 11 nitrogen and oxygen atoms in total. The van der Waals surface area contributed by atoms with E-state index < -0.39 is 50.9 Å². The fourth-order valence-electron chi connectivity index (χ4n) is 4.68. The first-order chi connectivity index (χ1) is 19.5. The normalized spacial score (nSPS) is 11.3. The minimum Gasteiger partial charge on any atom is -0.508 e. The van der Waals surface area contributed by atoms with E-state index in [1.165, 1.54) is 30.3 Å². The second-order valence-corrected chi connectivity index (χ2v) is 9.18. The van der Waals surface area contributed by atoms with Crippen LogP contribution in [0.4, 0.5) is 0 Å². The molecule has 0 spiro atoms. The minimum absolute atomic E-state index is 0.00926. The smallest absolute Gasteiger partial charge is 0.197 e. The van der Waals surface area contributed by atoms with E-state index in [2.05, 4.69) is 0 Å². The van der Waals surface area contributed by atoms with E-state index in [4.69, 9.17) is 8.83 Å². The van der Waals surface area contributed by atoms with E-state index in [9.17, 15) is 45.3 Å². The average Bonchev–Trinajstić information content (AvgIpc) is 2.92. The van der Waals surface area contributed by atoms with Crippen molar-refractivity contribution in [3.63, 3.8) is 0 Å². The molecule has 0 unspecified atom stereocenters. The Morgan fingerprint density at radius 1 is 0.537 bits per heavy atom. The van der Waals surface area contributed by atoms with Gasteiger partial charge in [-0.15, -0.1) is 0 Å². The lowest BCUT2D eigenvalue weighted by atomic mass is 9.93. The van der Waals surface area contributed by atoms with Crippen LogP contribution in [0.1, 0.15) is 0 Å². The lowest BCUT2D eigenvalue weighted by molar-refractivity contribution is 0.404. The first-order valence-corrected chi connectivity index (χ1v) is 11.9. The summed E-state index contributed by atoms with van der Waals surface area (Å²) in [6.07, 6.45) is 0. The standard InChI is InChI=1S/C30H18O11/c31-13-2-6-23-15(8-13)18(34)10-25(40-23)14-3-5-17(33)29(39)26(14)28-21(37)9-20(36)27-22(38)11-24(41-30(27)28)12-1-4-16(32)19(35)7-12/h1-11,31-33,35-37,39H. The van der Waals surface area contributed by atoms with Gasteiger partial charge in [-0.25, -0.2) is 0 Å². The molecule has 0 aliphatic heterocycles. The van der Waals surface area contributed by atoms with Crippen molar-refractivity contribution in [2.75, 3.05) is 0 Å². The number of fused-ring (bicyclic) bond motifs is 2. The second-order valence-electron chi connectivity index (χ2n) is 9.18. The van der Waals surface area contributed by atoms with Gasteiger partial charge >= 0.3 is 0 Å². The van der Waals surface area contributed by atoms with Crippen molar-refractivity contribution in [2.45, 2.75) is 0 Å². The highest BCUT2D eigenvalue weighted by Crippen LogP contribution is 2.50. The van der Waals surface area contributed by atoms with Gasteiger partial charge in [-0.05, 0) is 48.5 Å². The molecule has 11 heteroatoms. The highest BCUT2D eigenvalue weighted by Gasteiger charge is 2.27. The highest BCUT2D eigenvalue weighted by molar-refractivity contribution is 6.05. The molecule has 41 heavy (non-hydrogen) atoms. The van der Waals surface area contributed by atoms with E-state index in [0.717, 1.165) is 36.4 Å².